The van der Waals surface area contributed by atoms with Crippen LogP contribution in [0.25, 0.3) is 0 Å². The zero-order chi connectivity index (χ0) is 17.2. The quantitative estimate of drug-likeness (QED) is 0.920. The summed E-state index contributed by atoms with van der Waals surface area (Å²) >= 11 is 0. The first-order valence-corrected chi connectivity index (χ1v) is 7.94. The van der Waals surface area contributed by atoms with Gasteiger partial charge in [0.25, 0.3) is 0 Å². The Bertz CT molecular complexity index is 664. The zero-order valence-electron chi connectivity index (χ0n) is 14.9. The molecule has 2 rings (SSSR count). The van der Waals surface area contributed by atoms with Gasteiger partial charge in [-0.3, -0.25) is 9.48 Å². The summed E-state index contributed by atoms with van der Waals surface area (Å²) in [4.78, 5) is 16.5. The lowest BCUT2D eigenvalue weighted by Gasteiger charge is -2.31. The van der Waals surface area contributed by atoms with Crippen LogP contribution >= 0.6 is 0 Å². The zero-order valence-corrected chi connectivity index (χ0v) is 14.9. The SMILES string of the molecule is Cc1nn(CC(=O)N[C@@H](Cn2ccnc2)C(C)(C)C)c(C)c1C. The number of aromatic nitrogens is 4. The summed E-state index contributed by atoms with van der Waals surface area (Å²) in [5.41, 5.74) is 3.11. The Labute approximate surface area is 137 Å². The third kappa shape index (κ3) is 4.21. The number of amides is 1. The molecule has 1 atom stereocenters. The molecule has 0 aliphatic carbocycles. The molecule has 23 heavy (non-hydrogen) atoms. The Morgan fingerprint density at radius 1 is 1.30 bits per heavy atom. The van der Waals surface area contributed by atoms with E-state index in [1.807, 2.05) is 31.5 Å². The van der Waals surface area contributed by atoms with Crippen LogP contribution in [0.4, 0.5) is 0 Å². The fourth-order valence-corrected chi connectivity index (χ4v) is 2.46. The monoisotopic (exact) mass is 317 g/mol. The Balaban J connectivity index is 2.06. The summed E-state index contributed by atoms with van der Waals surface area (Å²) in [5.74, 6) is -0.0179. The van der Waals surface area contributed by atoms with Gasteiger partial charge in [-0.05, 0) is 31.7 Å². The molecule has 1 N–H and O–H groups in total. The number of rotatable bonds is 5. The van der Waals surface area contributed by atoms with Gasteiger partial charge < -0.3 is 9.88 Å². The molecule has 0 aliphatic rings. The lowest BCUT2D eigenvalue weighted by molar-refractivity contribution is -0.123. The Morgan fingerprint density at radius 2 is 2.00 bits per heavy atom. The average molecular weight is 317 g/mol. The van der Waals surface area contributed by atoms with Crippen LogP contribution in [0.3, 0.4) is 0 Å². The molecule has 0 bridgehead atoms. The van der Waals surface area contributed by atoms with Crippen molar-refractivity contribution in [1.82, 2.24) is 24.6 Å². The molecule has 2 aromatic heterocycles. The minimum absolute atomic E-state index is 0.0160. The second kappa shape index (κ2) is 6.56. The molecule has 0 saturated heterocycles. The average Bonchev–Trinajstić information content (AvgIpc) is 3.03. The number of carbonyl (C=O) groups excluding carboxylic acids is 1. The Kier molecular flexibility index (Phi) is 4.92. The maximum Gasteiger partial charge on any atom is 0.242 e. The molecular weight excluding hydrogens is 290 g/mol. The fourth-order valence-electron chi connectivity index (χ4n) is 2.46. The molecule has 0 aromatic carbocycles. The number of hydrogen-bond acceptors (Lipinski definition) is 3. The first-order chi connectivity index (χ1) is 10.7. The Hall–Kier alpha value is -2.11. The molecule has 1 amide bonds. The van der Waals surface area contributed by atoms with Crippen LogP contribution in [0.15, 0.2) is 18.7 Å². The second-order valence-electron chi connectivity index (χ2n) is 7.20. The third-order valence-corrected chi connectivity index (χ3v) is 4.37. The molecule has 0 spiro atoms. The van der Waals surface area contributed by atoms with Crippen LogP contribution in [0.5, 0.6) is 0 Å². The lowest BCUT2D eigenvalue weighted by atomic mass is 9.86. The predicted octanol–water partition coefficient (Wildman–Crippen LogP) is 2.24. The molecular formula is C17H27N5O. The molecule has 2 aromatic rings. The number of nitrogens with one attached hydrogen (secondary N) is 1. The topological polar surface area (TPSA) is 64.7 Å². The van der Waals surface area contributed by atoms with Crippen LogP contribution in [-0.2, 0) is 17.9 Å². The van der Waals surface area contributed by atoms with Crippen molar-refractivity contribution >= 4 is 5.91 Å². The standard InChI is InChI=1S/C17H27N5O/c1-12-13(2)20-22(14(12)3)10-16(23)19-15(17(4,5)6)9-21-8-7-18-11-21/h7-8,11,15H,9-10H2,1-6H3,(H,19,23)/t15-/m0/s1. The van der Waals surface area contributed by atoms with Gasteiger partial charge >= 0.3 is 0 Å². The predicted molar refractivity (Wildman–Crippen MR) is 90.1 cm³/mol. The molecule has 6 heteroatoms. The van der Waals surface area contributed by atoms with E-state index in [1.165, 1.54) is 0 Å². The van der Waals surface area contributed by atoms with Crippen LogP contribution < -0.4 is 5.32 Å². The van der Waals surface area contributed by atoms with E-state index in [0.717, 1.165) is 17.0 Å². The van der Waals surface area contributed by atoms with Gasteiger partial charge in [0.15, 0.2) is 0 Å². The first kappa shape index (κ1) is 17.2. The number of nitrogens with zero attached hydrogens (tertiary/aromatic N) is 4. The molecule has 0 unspecified atom stereocenters. The van der Waals surface area contributed by atoms with E-state index < -0.39 is 0 Å². The van der Waals surface area contributed by atoms with Crippen molar-refractivity contribution < 1.29 is 4.79 Å². The highest BCUT2D eigenvalue weighted by atomic mass is 16.2. The van der Waals surface area contributed by atoms with Crippen molar-refractivity contribution in [2.75, 3.05) is 0 Å². The third-order valence-electron chi connectivity index (χ3n) is 4.37. The van der Waals surface area contributed by atoms with E-state index in [0.29, 0.717) is 6.54 Å². The summed E-state index contributed by atoms with van der Waals surface area (Å²) in [6, 6.07) is 0.0160. The van der Waals surface area contributed by atoms with Crippen molar-refractivity contribution in [3.63, 3.8) is 0 Å². The van der Waals surface area contributed by atoms with Gasteiger partial charge in [-0.15, -0.1) is 0 Å². The highest BCUT2D eigenvalue weighted by molar-refractivity contribution is 5.76. The highest BCUT2D eigenvalue weighted by Gasteiger charge is 2.27. The molecule has 0 fully saturated rings. The van der Waals surface area contributed by atoms with Crippen LogP contribution in [0.2, 0.25) is 0 Å². The van der Waals surface area contributed by atoms with Crippen LogP contribution in [-0.4, -0.2) is 31.3 Å². The van der Waals surface area contributed by atoms with Crippen molar-refractivity contribution in [3.05, 3.63) is 35.7 Å². The molecule has 2 heterocycles. The van der Waals surface area contributed by atoms with Gasteiger partial charge in [-0.25, -0.2) is 4.98 Å². The van der Waals surface area contributed by atoms with Crippen LogP contribution in [0.1, 0.15) is 37.7 Å². The Morgan fingerprint density at radius 3 is 2.48 bits per heavy atom. The van der Waals surface area contributed by atoms with Gasteiger partial charge in [0.05, 0.1) is 18.1 Å². The number of imidazole rings is 1. The largest absolute Gasteiger partial charge is 0.349 e. The number of hydrogen-bond donors (Lipinski definition) is 1. The summed E-state index contributed by atoms with van der Waals surface area (Å²) in [7, 11) is 0. The van der Waals surface area contributed by atoms with Crippen LogP contribution in [0, 0.1) is 26.2 Å². The van der Waals surface area contributed by atoms with E-state index in [9.17, 15) is 4.79 Å². The van der Waals surface area contributed by atoms with Crippen molar-refractivity contribution in [2.45, 2.75) is 60.7 Å². The molecule has 0 aliphatic heterocycles. The van der Waals surface area contributed by atoms with E-state index in [-0.39, 0.29) is 23.9 Å². The molecule has 126 valence electrons. The van der Waals surface area contributed by atoms with Crippen molar-refractivity contribution in [3.8, 4) is 0 Å². The van der Waals surface area contributed by atoms with Gasteiger partial charge in [0.2, 0.25) is 5.91 Å². The van der Waals surface area contributed by atoms with E-state index >= 15 is 0 Å². The fraction of sp³-hybridized carbons (Fsp3) is 0.588. The minimum Gasteiger partial charge on any atom is -0.349 e. The van der Waals surface area contributed by atoms with Gasteiger partial charge in [-0.2, -0.15) is 5.10 Å². The van der Waals surface area contributed by atoms with Crippen molar-refractivity contribution in [1.29, 1.82) is 0 Å². The first-order valence-electron chi connectivity index (χ1n) is 7.94. The van der Waals surface area contributed by atoms with Crippen molar-refractivity contribution in [2.24, 2.45) is 5.41 Å². The minimum atomic E-state index is -0.0507. The maximum absolute atomic E-state index is 12.5. The van der Waals surface area contributed by atoms with Gasteiger partial charge in [0, 0.05) is 24.6 Å². The highest BCUT2D eigenvalue weighted by Crippen LogP contribution is 2.21. The smallest absolute Gasteiger partial charge is 0.242 e. The summed E-state index contributed by atoms with van der Waals surface area (Å²) in [5, 5.41) is 7.59. The van der Waals surface area contributed by atoms with E-state index in [2.05, 4.69) is 36.2 Å². The molecule has 6 nitrogen and oxygen atoms in total. The number of carbonyl (C=O) groups is 1. The van der Waals surface area contributed by atoms with Gasteiger partial charge in [0.1, 0.15) is 6.54 Å². The van der Waals surface area contributed by atoms with E-state index in [1.54, 1.807) is 17.2 Å². The van der Waals surface area contributed by atoms with Gasteiger partial charge in [-0.1, -0.05) is 20.8 Å². The van der Waals surface area contributed by atoms with E-state index in [4.69, 9.17) is 0 Å². The normalized spacial score (nSPS) is 13.1. The second-order valence-corrected chi connectivity index (χ2v) is 7.20. The summed E-state index contributed by atoms with van der Waals surface area (Å²) < 4.78 is 3.76. The summed E-state index contributed by atoms with van der Waals surface area (Å²) in [6.45, 7) is 13.3. The number of aryl methyl sites for hydroxylation is 1. The maximum atomic E-state index is 12.5. The summed E-state index contributed by atoms with van der Waals surface area (Å²) in [6.07, 6.45) is 5.44. The molecule has 0 radical (unpaired) electrons. The lowest BCUT2D eigenvalue weighted by Crippen LogP contribution is -2.47. The molecule has 0 saturated carbocycles.